The van der Waals surface area contributed by atoms with Crippen molar-refractivity contribution in [2.45, 2.75) is 12.5 Å². The lowest BCUT2D eigenvalue weighted by Gasteiger charge is -2.15. The summed E-state index contributed by atoms with van der Waals surface area (Å²) < 4.78 is 5.99. The monoisotopic (exact) mass is 353 g/mol. The summed E-state index contributed by atoms with van der Waals surface area (Å²) in [5.41, 5.74) is 0.970. The average Bonchev–Trinajstić information content (AvgIpc) is 2.89. The molecule has 0 aliphatic heterocycles. The van der Waals surface area contributed by atoms with E-state index in [-0.39, 0.29) is 11.9 Å². The average molecular weight is 354 g/mol. The van der Waals surface area contributed by atoms with Crippen molar-refractivity contribution in [1.29, 1.82) is 0 Å². The molecule has 106 valence electrons. The molecule has 1 N–H and O–H groups in total. The molecule has 1 aromatic carbocycles. The molecule has 5 heteroatoms. The van der Waals surface area contributed by atoms with Crippen molar-refractivity contribution in [3.8, 4) is 0 Å². The normalized spacial score (nSPS) is 12.1. The summed E-state index contributed by atoms with van der Waals surface area (Å²) in [6, 6.07) is 11.7. The van der Waals surface area contributed by atoms with Gasteiger partial charge in [0.05, 0.1) is 13.0 Å². The molecule has 0 saturated carbocycles. The fourth-order valence-electron chi connectivity index (χ4n) is 1.95. The Labute approximate surface area is 131 Å². The Hall–Kier alpha value is -1.17. The van der Waals surface area contributed by atoms with E-state index < -0.39 is 0 Å². The van der Waals surface area contributed by atoms with Gasteiger partial charge in [-0.2, -0.15) is 0 Å². The summed E-state index contributed by atoms with van der Waals surface area (Å²) >= 11 is 5.19. The predicted molar refractivity (Wildman–Crippen MR) is 84.9 cm³/mol. The summed E-state index contributed by atoms with van der Waals surface area (Å²) in [6.07, 6.45) is 0. The third kappa shape index (κ3) is 3.91. The number of esters is 1. The molecule has 1 aromatic heterocycles. The van der Waals surface area contributed by atoms with E-state index in [1.165, 1.54) is 12.0 Å². The number of methoxy groups -OCH3 is 1. The smallest absolute Gasteiger partial charge is 0.314 e. The molecular weight excluding hydrogens is 338 g/mol. The third-order valence-corrected chi connectivity index (χ3v) is 4.94. The minimum absolute atomic E-state index is 0.214. The van der Waals surface area contributed by atoms with Crippen LogP contribution in [0.3, 0.4) is 0 Å². The van der Waals surface area contributed by atoms with Crippen molar-refractivity contribution in [3.05, 3.63) is 56.7 Å². The molecule has 0 fully saturated rings. The first kappa shape index (κ1) is 15.2. The van der Waals surface area contributed by atoms with E-state index in [4.69, 9.17) is 4.74 Å². The number of halogens is 1. The van der Waals surface area contributed by atoms with Crippen LogP contribution in [-0.2, 0) is 16.1 Å². The van der Waals surface area contributed by atoms with Gasteiger partial charge < -0.3 is 10.1 Å². The van der Waals surface area contributed by atoms with Gasteiger partial charge >= 0.3 is 5.97 Å². The molecule has 0 aliphatic rings. The van der Waals surface area contributed by atoms with Crippen LogP contribution in [0.1, 0.15) is 16.4 Å². The second kappa shape index (κ2) is 7.57. The highest BCUT2D eigenvalue weighted by molar-refractivity contribution is 9.10. The summed E-state index contributed by atoms with van der Waals surface area (Å²) in [5.74, 6) is -0.492. The van der Waals surface area contributed by atoms with Crippen molar-refractivity contribution >= 4 is 33.2 Å². The molecule has 0 spiro atoms. The molecule has 0 radical (unpaired) electrons. The molecule has 0 bridgehead atoms. The van der Waals surface area contributed by atoms with Gasteiger partial charge in [0.2, 0.25) is 0 Å². The second-order valence-corrected chi connectivity index (χ2v) is 6.16. The van der Waals surface area contributed by atoms with Crippen LogP contribution in [0, 0.1) is 0 Å². The molecule has 3 nitrogen and oxygen atoms in total. The van der Waals surface area contributed by atoms with E-state index in [0.717, 1.165) is 16.6 Å². The van der Waals surface area contributed by atoms with Crippen LogP contribution >= 0.6 is 27.3 Å². The first-order chi connectivity index (χ1) is 9.72. The van der Waals surface area contributed by atoms with Gasteiger partial charge in [-0.15, -0.1) is 11.3 Å². The number of nitrogens with one attached hydrogen (secondary N) is 1. The summed E-state index contributed by atoms with van der Waals surface area (Å²) in [5, 5.41) is 5.36. The van der Waals surface area contributed by atoms with Gasteiger partial charge in [-0.05, 0) is 32.9 Å². The van der Waals surface area contributed by atoms with Crippen LogP contribution in [0.4, 0.5) is 0 Å². The molecule has 20 heavy (non-hydrogen) atoms. The first-order valence-electron chi connectivity index (χ1n) is 6.27. The predicted octanol–water partition coefficient (Wildman–Crippen LogP) is 3.56. The van der Waals surface area contributed by atoms with Gasteiger partial charge in [0.25, 0.3) is 0 Å². The Kier molecular flexibility index (Phi) is 5.76. The van der Waals surface area contributed by atoms with Crippen LogP contribution in [0.5, 0.6) is 0 Å². The Bertz CT molecular complexity index is 556. The maximum Gasteiger partial charge on any atom is 0.314 e. The van der Waals surface area contributed by atoms with Crippen LogP contribution in [0.25, 0.3) is 0 Å². The fraction of sp³-hybridized carbons (Fsp3) is 0.267. The highest BCUT2D eigenvalue weighted by Crippen LogP contribution is 2.23. The van der Waals surface area contributed by atoms with Crippen LogP contribution in [0.2, 0.25) is 0 Å². The third-order valence-electron chi connectivity index (χ3n) is 3.01. The molecule has 0 amide bonds. The van der Waals surface area contributed by atoms with Crippen LogP contribution in [0.15, 0.2) is 46.3 Å². The standard InChI is InChI=1S/C15H16BrNO2S/c1-19-15(18)12(11-5-3-2-4-6-11)9-17-10-14-13(16)7-8-20-14/h2-8,12,17H,9-10H2,1H3. The SMILES string of the molecule is COC(=O)C(CNCc1sccc1Br)c1ccccc1. The Balaban J connectivity index is 1.99. The lowest BCUT2D eigenvalue weighted by Crippen LogP contribution is -2.27. The molecule has 1 atom stereocenters. The van der Waals surface area contributed by atoms with E-state index in [1.807, 2.05) is 41.8 Å². The highest BCUT2D eigenvalue weighted by atomic mass is 79.9. The van der Waals surface area contributed by atoms with Crippen molar-refractivity contribution < 1.29 is 9.53 Å². The van der Waals surface area contributed by atoms with E-state index in [2.05, 4.69) is 21.2 Å². The maximum absolute atomic E-state index is 11.9. The molecule has 1 unspecified atom stereocenters. The number of hydrogen-bond donors (Lipinski definition) is 1. The number of benzene rings is 1. The summed E-state index contributed by atoms with van der Waals surface area (Å²) in [6.45, 7) is 1.29. The lowest BCUT2D eigenvalue weighted by molar-refractivity contribution is -0.142. The zero-order chi connectivity index (χ0) is 14.4. The van der Waals surface area contributed by atoms with Gasteiger partial charge in [-0.3, -0.25) is 4.79 Å². The molecule has 2 aromatic rings. The zero-order valence-corrected chi connectivity index (χ0v) is 13.5. The fourth-order valence-corrected chi connectivity index (χ4v) is 3.41. The van der Waals surface area contributed by atoms with E-state index in [1.54, 1.807) is 11.3 Å². The number of ether oxygens (including phenoxy) is 1. The number of carbonyl (C=O) groups is 1. The Morgan fingerprint density at radius 2 is 2.10 bits per heavy atom. The van der Waals surface area contributed by atoms with Gasteiger partial charge in [-0.25, -0.2) is 0 Å². The van der Waals surface area contributed by atoms with Crippen molar-refractivity contribution in [2.24, 2.45) is 0 Å². The minimum atomic E-state index is -0.278. The van der Waals surface area contributed by atoms with Crippen molar-refractivity contribution in [2.75, 3.05) is 13.7 Å². The molecule has 2 rings (SSSR count). The van der Waals surface area contributed by atoms with Crippen molar-refractivity contribution in [1.82, 2.24) is 5.32 Å². The van der Waals surface area contributed by atoms with E-state index >= 15 is 0 Å². The maximum atomic E-state index is 11.9. The van der Waals surface area contributed by atoms with Crippen molar-refractivity contribution in [3.63, 3.8) is 0 Å². The number of thiophene rings is 1. The van der Waals surface area contributed by atoms with Gasteiger partial charge in [0.1, 0.15) is 0 Å². The second-order valence-electron chi connectivity index (χ2n) is 4.31. The van der Waals surface area contributed by atoms with E-state index in [0.29, 0.717) is 6.54 Å². The quantitative estimate of drug-likeness (QED) is 0.807. The van der Waals surface area contributed by atoms with Crippen LogP contribution in [-0.4, -0.2) is 19.6 Å². The number of hydrogen-bond acceptors (Lipinski definition) is 4. The zero-order valence-electron chi connectivity index (χ0n) is 11.1. The lowest BCUT2D eigenvalue weighted by atomic mass is 9.99. The summed E-state index contributed by atoms with van der Waals surface area (Å²) in [7, 11) is 1.42. The van der Waals surface area contributed by atoms with Crippen LogP contribution < -0.4 is 5.32 Å². The minimum Gasteiger partial charge on any atom is -0.469 e. The molecule has 0 aliphatic carbocycles. The molecular formula is C15H16BrNO2S. The number of rotatable bonds is 6. The van der Waals surface area contributed by atoms with Gasteiger partial charge in [0.15, 0.2) is 0 Å². The Morgan fingerprint density at radius 1 is 1.35 bits per heavy atom. The Morgan fingerprint density at radius 3 is 2.70 bits per heavy atom. The van der Waals surface area contributed by atoms with E-state index in [9.17, 15) is 4.79 Å². The first-order valence-corrected chi connectivity index (χ1v) is 7.95. The highest BCUT2D eigenvalue weighted by Gasteiger charge is 2.20. The largest absolute Gasteiger partial charge is 0.469 e. The number of carbonyl (C=O) groups excluding carboxylic acids is 1. The van der Waals surface area contributed by atoms with Gasteiger partial charge in [0, 0.05) is 22.4 Å². The van der Waals surface area contributed by atoms with Gasteiger partial charge in [-0.1, -0.05) is 30.3 Å². The molecule has 0 saturated heterocycles. The summed E-state index contributed by atoms with van der Waals surface area (Å²) in [4.78, 5) is 13.1. The topological polar surface area (TPSA) is 38.3 Å². The molecule has 1 heterocycles.